The number of rotatable bonds is 23. The third kappa shape index (κ3) is 28.2. The average Bonchev–Trinajstić information content (AvgIpc) is 1.70. The fourth-order valence-corrected chi connectivity index (χ4v) is 13.5. The zero-order chi connectivity index (χ0) is 66.1. The Kier molecular flexibility index (Phi) is 32.4. The Morgan fingerprint density at radius 1 is 0.570 bits per heavy atom. The van der Waals surface area contributed by atoms with Gasteiger partial charge < -0.3 is 49.9 Å². The van der Waals surface area contributed by atoms with Crippen molar-refractivity contribution in [3.63, 3.8) is 0 Å². The van der Waals surface area contributed by atoms with Crippen LogP contribution in [-0.4, -0.2) is 162 Å². The second-order valence-electron chi connectivity index (χ2n) is 22.8. The van der Waals surface area contributed by atoms with Gasteiger partial charge in [0.1, 0.15) is 28.5 Å². The molecule has 4 aromatic rings. The first-order valence-corrected chi connectivity index (χ1v) is 33.3. The van der Waals surface area contributed by atoms with Gasteiger partial charge in [0.25, 0.3) is 9.05 Å². The van der Waals surface area contributed by atoms with Gasteiger partial charge in [-0.15, -0.1) is 0 Å². The van der Waals surface area contributed by atoms with Gasteiger partial charge in [-0.05, 0) is 217 Å². The van der Waals surface area contributed by atoms with Crippen LogP contribution in [0.4, 0.5) is 4.79 Å². The SMILES string of the molecule is CC(C)(C)OC(=O)CCCN.COc1cc(C)c(S(=O)(=O)CCCNC(=O)OC(C)(C)C)c(C)c1.COc1cc(C)c(S(=O)(=O)Cl)c(C)c1.COc1cc(C)c(S(=O)(=O)N(C)CCNC(=O)C(=O)N(C)Cc2ccc(CCCN(C)C)cc2)c(C)c1. The van der Waals surface area contributed by atoms with Gasteiger partial charge in [-0.1, -0.05) is 24.3 Å². The smallest absolute Gasteiger partial charge is 0.407 e. The summed E-state index contributed by atoms with van der Waals surface area (Å²) >= 11 is 0. The van der Waals surface area contributed by atoms with Gasteiger partial charge in [-0.2, -0.15) is 4.31 Å². The molecule has 0 atom stereocenters. The molecule has 0 aliphatic rings. The molecule has 0 saturated carbocycles. The fraction of sp³-hybridized carbons (Fsp3) is 0.541. The van der Waals surface area contributed by atoms with Crippen molar-refractivity contribution in [3.8, 4) is 17.2 Å². The number of amides is 3. The molecule has 0 aliphatic heterocycles. The Hall–Kier alpha value is -6.02. The lowest BCUT2D eigenvalue weighted by Crippen LogP contribution is -2.43. The Labute approximate surface area is 517 Å². The number of hydrogen-bond donors (Lipinski definition) is 3. The van der Waals surface area contributed by atoms with E-state index in [1.807, 2.05) is 45.0 Å². The van der Waals surface area contributed by atoms with Gasteiger partial charge in [0.05, 0.1) is 41.8 Å². The molecule has 0 bridgehead atoms. The van der Waals surface area contributed by atoms with Crippen LogP contribution in [0.25, 0.3) is 0 Å². The first-order valence-electron chi connectivity index (χ1n) is 27.9. The number of benzene rings is 4. The summed E-state index contributed by atoms with van der Waals surface area (Å²) in [5, 5.41) is 5.10. The number of ether oxygens (including phenoxy) is 5. The maximum absolute atomic E-state index is 13.1. The van der Waals surface area contributed by atoms with Crippen molar-refractivity contribution >= 4 is 63.5 Å². The molecule has 0 fully saturated rings. The van der Waals surface area contributed by atoms with Crippen LogP contribution in [0.3, 0.4) is 0 Å². The van der Waals surface area contributed by atoms with Gasteiger partial charge in [0, 0.05) is 57.4 Å². The zero-order valence-electron chi connectivity index (χ0n) is 53.9. The average molecular weight is 1280 g/mol. The predicted molar refractivity (Wildman–Crippen MR) is 338 cm³/mol. The zero-order valence-corrected chi connectivity index (χ0v) is 57.1. The van der Waals surface area contributed by atoms with E-state index in [0.717, 1.165) is 24.9 Å². The van der Waals surface area contributed by atoms with Crippen LogP contribution in [0.5, 0.6) is 17.2 Å². The minimum atomic E-state index is -3.79. The minimum absolute atomic E-state index is 0.00401. The lowest BCUT2D eigenvalue weighted by Gasteiger charge is -2.21. The summed E-state index contributed by atoms with van der Waals surface area (Å²) in [6.45, 7) is 23.3. The Balaban J connectivity index is 0.000000641. The highest BCUT2D eigenvalue weighted by Gasteiger charge is 2.27. The third-order valence-corrected chi connectivity index (χ3v) is 18.1. The Morgan fingerprint density at radius 3 is 1.41 bits per heavy atom. The van der Waals surface area contributed by atoms with Crippen molar-refractivity contribution in [1.29, 1.82) is 0 Å². The monoisotopic (exact) mass is 1280 g/mol. The number of nitrogens with zero attached hydrogens (tertiary/aromatic N) is 3. The van der Waals surface area contributed by atoms with E-state index in [4.69, 9.17) is 40.1 Å². The van der Waals surface area contributed by atoms with E-state index in [1.54, 1.807) is 113 Å². The largest absolute Gasteiger partial charge is 0.497 e. The third-order valence-electron chi connectivity index (χ3n) is 12.3. The van der Waals surface area contributed by atoms with E-state index in [9.17, 15) is 44.4 Å². The van der Waals surface area contributed by atoms with E-state index in [1.165, 1.54) is 36.0 Å². The summed E-state index contributed by atoms with van der Waals surface area (Å²) in [4.78, 5) is 51.6. The molecule has 0 aliphatic carbocycles. The molecule has 86 heavy (non-hydrogen) atoms. The lowest BCUT2D eigenvalue weighted by molar-refractivity contribution is -0.154. The normalized spacial score (nSPS) is 11.6. The fourth-order valence-electron chi connectivity index (χ4n) is 8.48. The molecular formula is C61H95ClN6O15S3. The summed E-state index contributed by atoms with van der Waals surface area (Å²) in [6, 6.07) is 18.1. The molecule has 0 aromatic heterocycles. The highest BCUT2D eigenvalue weighted by molar-refractivity contribution is 8.13. The number of sulfone groups is 1. The number of carbonyl (C=O) groups is 4. The summed E-state index contributed by atoms with van der Waals surface area (Å²) in [7, 11) is 6.14. The molecule has 25 heteroatoms. The second kappa shape index (κ2) is 35.7. The molecule has 0 unspecified atom stereocenters. The van der Waals surface area contributed by atoms with E-state index in [-0.39, 0.29) is 46.7 Å². The van der Waals surface area contributed by atoms with Crippen molar-refractivity contribution < 1.29 is 68.1 Å². The van der Waals surface area contributed by atoms with Crippen molar-refractivity contribution in [2.75, 3.05) is 88.0 Å². The number of hydrogen-bond acceptors (Lipinski definition) is 17. The molecule has 0 spiro atoms. The summed E-state index contributed by atoms with van der Waals surface area (Å²) in [6.07, 6.45) is 2.95. The second-order valence-corrected chi connectivity index (χ2v) is 29.3. The number of nitrogens with two attached hydrogens (primary N) is 1. The number of nitrogens with one attached hydrogen (secondary N) is 2. The van der Waals surface area contributed by atoms with Gasteiger partial charge >= 0.3 is 23.9 Å². The van der Waals surface area contributed by atoms with Crippen LogP contribution in [0.15, 0.2) is 75.4 Å². The number of sulfonamides is 1. The topological polar surface area (TPSA) is 277 Å². The summed E-state index contributed by atoms with van der Waals surface area (Å²) in [5.74, 6) is 0.189. The maximum Gasteiger partial charge on any atom is 0.407 e. The molecule has 0 heterocycles. The number of carbonyl (C=O) groups excluding carboxylic acids is 4. The van der Waals surface area contributed by atoms with Crippen molar-refractivity contribution in [3.05, 3.63) is 105 Å². The number of methoxy groups -OCH3 is 3. The van der Waals surface area contributed by atoms with Crippen LogP contribution in [0.1, 0.15) is 112 Å². The Bertz CT molecular complexity index is 3150. The molecule has 3 amide bonds. The molecular weight excluding hydrogens is 1190 g/mol. The molecule has 0 radical (unpaired) electrons. The number of halogens is 1. The van der Waals surface area contributed by atoms with E-state index < -0.39 is 52.4 Å². The molecule has 4 N–H and O–H groups in total. The standard InChI is InChI=1S/C27H40N4O5S.C17H27NO5S.C9H11ClO3S.C8H17NO2/c1-20-17-24(36-7)18-21(2)25(20)37(34,35)31(6)16-14-28-26(32)27(33)30(5)19-23-12-10-22(11-13-23)9-8-15-29(3)4;1-12-10-14(22-6)11-13(2)15(12)24(20,21)9-7-8-18-16(19)23-17(3,4)5;1-6-4-8(13-3)5-7(2)9(6)14(10,11)12;1-8(2,3)11-7(10)5-4-6-9/h10-13,17-18H,8-9,14-16,19H2,1-7H3,(H,28,32);10-11H,7-9H2,1-6H3,(H,18,19);4-5H,1-3H3;4-6,9H2,1-3H3. The number of aryl methyl sites for hydroxylation is 7. The summed E-state index contributed by atoms with van der Waals surface area (Å²) in [5.41, 5.74) is 10.1. The highest BCUT2D eigenvalue weighted by Crippen LogP contribution is 2.30. The lowest BCUT2D eigenvalue weighted by atomic mass is 10.1. The molecule has 0 saturated heterocycles. The molecule has 21 nitrogen and oxygen atoms in total. The van der Waals surface area contributed by atoms with E-state index >= 15 is 0 Å². The van der Waals surface area contributed by atoms with Gasteiger partial charge in [-0.25, -0.2) is 30.0 Å². The van der Waals surface area contributed by atoms with Crippen LogP contribution in [0.2, 0.25) is 0 Å². The molecule has 484 valence electrons. The van der Waals surface area contributed by atoms with Crippen molar-refractivity contribution in [2.45, 2.75) is 148 Å². The highest BCUT2D eigenvalue weighted by atomic mass is 35.7. The first kappa shape index (κ1) is 78.0. The van der Waals surface area contributed by atoms with Gasteiger partial charge in [-0.3, -0.25) is 14.4 Å². The van der Waals surface area contributed by atoms with Gasteiger partial charge in [0.2, 0.25) is 10.0 Å². The van der Waals surface area contributed by atoms with Crippen molar-refractivity contribution in [2.24, 2.45) is 5.73 Å². The first-order chi connectivity index (χ1) is 39.6. The number of esters is 1. The van der Waals surface area contributed by atoms with Crippen LogP contribution >= 0.6 is 10.7 Å². The number of alkyl carbamates (subject to hydrolysis) is 1. The van der Waals surface area contributed by atoms with Crippen LogP contribution in [-0.2, 0) is 65.7 Å². The molecule has 4 rings (SSSR count). The maximum atomic E-state index is 13.1. The van der Waals surface area contributed by atoms with E-state index in [2.05, 4.69) is 29.6 Å². The Morgan fingerprint density at radius 2 is 1.00 bits per heavy atom. The van der Waals surface area contributed by atoms with Crippen molar-refractivity contribution in [1.82, 2.24) is 24.7 Å². The van der Waals surface area contributed by atoms with Gasteiger partial charge in [0.15, 0.2) is 9.84 Å². The van der Waals surface area contributed by atoms with Crippen LogP contribution < -0.4 is 30.6 Å². The van der Waals surface area contributed by atoms with E-state index in [0.29, 0.717) is 87.9 Å². The molecule has 4 aromatic carbocycles. The summed E-state index contributed by atoms with van der Waals surface area (Å²) < 4.78 is 100. The minimum Gasteiger partial charge on any atom is -0.497 e. The number of likely N-dealkylation sites (N-methyl/N-ethyl adjacent to an activating group) is 2. The quantitative estimate of drug-likeness (QED) is 0.0272. The predicted octanol–water partition coefficient (Wildman–Crippen LogP) is 8.51. The van der Waals surface area contributed by atoms with Crippen LogP contribution in [0, 0.1) is 41.5 Å².